The van der Waals surface area contributed by atoms with Gasteiger partial charge in [-0.3, -0.25) is 18.6 Å². The molecule has 0 amide bonds. The van der Waals surface area contributed by atoms with Gasteiger partial charge < -0.3 is 39.9 Å². The molecule has 1 saturated carbocycles. The number of carbonyl (C=O) groups excluding carboxylic acids is 2. The summed E-state index contributed by atoms with van der Waals surface area (Å²) < 4.78 is 33.5. The molecule has 13 nitrogen and oxygen atoms in total. The van der Waals surface area contributed by atoms with Crippen molar-refractivity contribution in [3.63, 3.8) is 0 Å². The molecule has 0 heterocycles. The molecule has 1 aliphatic rings. The van der Waals surface area contributed by atoms with Crippen LogP contribution in [0, 0.1) is 0 Å². The fraction of sp³-hybridized carbons (Fsp3) is 0.860. The van der Waals surface area contributed by atoms with Crippen molar-refractivity contribution in [1.29, 1.82) is 0 Å². The first-order valence-electron chi connectivity index (χ1n) is 22.1. The van der Waals surface area contributed by atoms with E-state index in [0.29, 0.717) is 12.8 Å². The summed E-state index contributed by atoms with van der Waals surface area (Å²) in [6.07, 6.45) is 22.3. The Bertz CT molecular complexity index is 1100. The standard InChI is InChI=1S/C43H79O13P/c1-3-5-7-9-11-13-15-17-18-20-21-23-25-27-29-31-36(44)53-33-35(34-54-57(51,52)56-43-41(49)39(47)38(46)40(48)42(43)50)55-37(45)32-30-28-26-24-22-19-16-14-12-10-8-6-4-2/h11,13,17-18,35,38-43,46-50H,3-10,12,14-16,19-34H2,1-2H3,(H,51,52)/b13-11-,18-17-/t35-,38?,39-,40?,41?,42?,43?/m1/s1. The number of allylic oxidation sites excluding steroid dienone is 4. The molecule has 14 heteroatoms. The van der Waals surface area contributed by atoms with Crippen molar-refractivity contribution in [2.45, 2.75) is 224 Å². The van der Waals surface area contributed by atoms with E-state index >= 15 is 0 Å². The van der Waals surface area contributed by atoms with Crippen LogP contribution in [0.25, 0.3) is 0 Å². The molecule has 0 aliphatic heterocycles. The highest BCUT2D eigenvalue weighted by molar-refractivity contribution is 7.47. The summed E-state index contributed by atoms with van der Waals surface area (Å²) in [6, 6.07) is 0. The van der Waals surface area contributed by atoms with E-state index in [1.54, 1.807) is 0 Å². The van der Waals surface area contributed by atoms with Gasteiger partial charge in [-0.2, -0.15) is 0 Å². The minimum absolute atomic E-state index is 0.0972. The van der Waals surface area contributed by atoms with Crippen LogP contribution in [0.1, 0.15) is 181 Å². The number of phosphoric acid groups is 1. The molecule has 1 rings (SSSR count). The van der Waals surface area contributed by atoms with E-state index in [-0.39, 0.29) is 12.8 Å². The van der Waals surface area contributed by atoms with Crippen LogP contribution in [-0.2, 0) is 32.7 Å². The Kier molecular flexibility index (Phi) is 31.9. The number of ether oxygens (including phenoxy) is 2. The number of hydrogen-bond donors (Lipinski definition) is 6. The zero-order valence-electron chi connectivity index (χ0n) is 35.1. The van der Waals surface area contributed by atoms with Crippen LogP contribution in [-0.4, -0.2) is 98.3 Å². The first-order valence-corrected chi connectivity index (χ1v) is 23.6. The molecule has 0 radical (unpaired) electrons. The fourth-order valence-corrected chi connectivity index (χ4v) is 7.64. The molecule has 57 heavy (non-hydrogen) atoms. The van der Waals surface area contributed by atoms with Crippen molar-refractivity contribution in [3.8, 4) is 0 Å². The molecule has 1 aliphatic carbocycles. The van der Waals surface area contributed by atoms with Crippen molar-refractivity contribution in [3.05, 3.63) is 24.3 Å². The lowest BCUT2D eigenvalue weighted by Gasteiger charge is -2.41. The van der Waals surface area contributed by atoms with Gasteiger partial charge in [0.15, 0.2) is 6.10 Å². The number of rotatable bonds is 36. The molecule has 1 fully saturated rings. The SMILES string of the molecule is CCCCC/C=C\C/C=C\CCCCCCCC(=O)OC[C@H](COP(=O)(O)OC1C(O)C(O)C(O)[C@@H](O)C1O)OC(=O)CCCCCCCCCCCCCCC. The van der Waals surface area contributed by atoms with Crippen molar-refractivity contribution >= 4 is 19.8 Å². The maximum absolute atomic E-state index is 12.8. The van der Waals surface area contributed by atoms with E-state index in [0.717, 1.165) is 70.6 Å². The number of hydrogen-bond acceptors (Lipinski definition) is 12. The van der Waals surface area contributed by atoms with E-state index in [4.69, 9.17) is 18.5 Å². The average molecular weight is 835 g/mol. The van der Waals surface area contributed by atoms with Crippen LogP contribution in [0.5, 0.6) is 0 Å². The molecule has 6 unspecified atom stereocenters. The van der Waals surface area contributed by atoms with Crippen LogP contribution >= 0.6 is 7.82 Å². The predicted octanol–water partition coefficient (Wildman–Crippen LogP) is 8.06. The summed E-state index contributed by atoms with van der Waals surface area (Å²) in [5, 5.41) is 50.1. The van der Waals surface area contributed by atoms with Gasteiger partial charge in [-0.05, 0) is 44.9 Å². The molecule has 334 valence electrons. The molecule has 0 aromatic carbocycles. The third-order valence-electron chi connectivity index (χ3n) is 10.3. The Morgan fingerprint density at radius 3 is 1.46 bits per heavy atom. The number of phosphoric ester groups is 1. The van der Waals surface area contributed by atoms with Crippen LogP contribution < -0.4 is 0 Å². The molecule has 0 aromatic rings. The smallest absolute Gasteiger partial charge is 0.462 e. The third kappa shape index (κ3) is 26.9. The second kappa shape index (κ2) is 34.1. The molecule has 0 spiro atoms. The highest BCUT2D eigenvalue weighted by Crippen LogP contribution is 2.47. The highest BCUT2D eigenvalue weighted by Gasteiger charge is 2.51. The maximum Gasteiger partial charge on any atom is 0.472 e. The summed E-state index contributed by atoms with van der Waals surface area (Å²) in [5.41, 5.74) is 0. The highest BCUT2D eigenvalue weighted by atomic mass is 31.2. The van der Waals surface area contributed by atoms with Gasteiger partial charge in [-0.1, -0.05) is 147 Å². The molecular formula is C43H79O13P. The van der Waals surface area contributed by atoms with E-state index < -0.39 is 75.7 Å². The van der Waals surface area contributed by atoms with Gasteiger partial charge in [0.05, 0.1) is 6.61 Å². The second-order valence-electron chi connectivity index (χ2n) is 15.6. The predicted molar refractivity (Wildman–Crippen MR) is 221 cm³/mol. The van der Waals surface area contributed by atoms with Crippen LogP contribution in [0.3, 0.4) is 0 Å². The summed E-state index contributed by atoms with van der Waals surface area (Å²) in [6.45, 7) is 3.25. The summed E-state index contributed by atoms with van der Waals surface area (Å²) in [5.74, 6) is -1.11. The van der Waals surface area contributed by atoms with Gasteiger partial charge >= 0.3 is 19.8 Å². The Hall–Kier alpha value is -1.67. The topological polar surface area (TPSA) is 210 Å². The minimum atomic E-state index is -5.11. The molecule has 0 bridgehead atoms. The quantitative estimate of drug-likeness (QED) is 0.0153. The fourth-order valence-electron chi connectivity index (χ4n) is 6.67. The zero-order valence-corrected chi connectivity index (χ0v) is 36.0. The maximum atomic E-state index is 12.8. The summed E-state index contributed by atoms with van der Waals surface area (Å²) >= 11 is 0. The first kappa shape index (κ1) is 53.3. The Balaban J connectivity index is 2.49. The lowest BCUT2D eigenvalue weighted by atomic mass is 9.85. The molecule has 6 N–H and O–H groups in total. The van der Waals surface area contributed by atoms with Crippen molar-refractivity contribution in [2.75, 3.05) is 13.2 Å². The number of aliphatic hydroxyl groups excluding tert-OH is 5. The number of aliphatic hydroxyl groups is 5. The van der Waals surface area contributed by atoms with Gasteiger partial charge in [-0.25, -0.2) is 4.57 Å². The molecule has 0 saturated heterocycles. The van der Waals surface area contributed by atoms with Crippen molar-refractivity contribution < 1.29 is 63.1 Å². The van der Waals surface area contributed by atoms with Gasteiger partial charge in [0.25, 0.3) is 0 Å². The molecular weight excluding hydrogens is 755 g/mol. The number of carbonyl (C=O) groups is 2. The average Bonchev–Trinajstić information content (AvgIpc) is 3.19. The Morgan fingerprint density at radius 2 is 0.947 bits per heavy atom. The largest absolute Gasteiger partial charge is 0.472 e. The Morgan fingerprint density at radius 1 is 0.544 bits per heavy atom. The zero-order chi connectivity index (χ0) is 42.2. The second-order valence-corrected chi connectivity index (χ2v) is 17.0. The normalized spacial score (nSPS) is 22.9. The van der Waals surface area contributed by atoms with Crippen LogP contribution in [0.4, 0.5) is 0 Å². The lowest BCUT2D eigenvalue weighted by Crippen LogP contribution is -2.64. The van der Waals surface area contributed by atoms with Gasteiger partial charge in [-0.15, -0.1) is 0 Å². The summed E-state index contributed by atoms with van der Waals surface area (Å²) in [4.78, 5) is 35.6. The van der Waals surface area contributed by atoms with Crippen molar-refractivity contribution in [1.82, 2.24) is 0 Å². The number of unbranched alkanes of at least 4 members (excludes halogenated alkanes) is 20. The first-order chi connectivity index (χ1) is 27.4. The Labute approximate surface area is 343 Å². The minimum Gasteiger partial charge on any atom is -0.462 e. The monoisotopic (exact) mass is 835 g/mol. The van der Waals surface area contributed by atoms with E-state index in [1.165, 1.54) is 70.6 Å². The third-order valence-corrected chi connectivity index (χ3v) is 11.3. The van der Waals surface area contributed by atoms with Crippen LogP contribution in [0.15, 0.2) is 24.3 Å². The van der Waals surface area contributed by atoms with E-state index in [9.17, 15) is 44.6 Å². The molecule has 0 aromatic heterocycles. The lowest BCUT2D eigenvalue weighted by molar-refractivity contribution is -0.220. The van der Waals surface area contributed by atoms with Crippen LogP contribution in [0.2, 0.25) is 0 Å². The van der Waals surface area contributed by atoms with Gasteiger partial charge in [0.2, 0.25) is 0 Å². The van der Waals surface area contributed by atoms with Crippen molar-refractivity contribution in [2.24, 2.45) is 0 Å². The number of esters is 2. The summed E-state index contributed by atoms with van der Waals surface area (Å²) in [7, 11) is -5.11. The van der Waals surface area contributed by atoms with E-state index in [2.05, 4.69) is 38.2 Å². The van der Waals surface area contributed by atoms with Gasteiger partial charge in [0, 0.05) is 12.8 Å². The molecule has 8 atom stereocenters. The van der Waals surface area contributed by atoms with E-state index in [1.807, 2.05) is 0 Å². The van der Waals surface area contributed by atoms with Gasteiger partial charge in [0.1, 0.15) is 43.2 Å².